The second-order valence-electron chi connectivity index (χ2n) is 3.34. The van der Waals surface area contributed by atoms with Crippen molar-refractivity contribution in [3.05, 3.63) is 51.4 Å². The molecule has 0 amide bonds. The van der Waals surface area contributed by atoms with Gasteiger partial charge in [-0.1, -0.05) is 17.7 Å². The van der Waals surface area contributed by atoms with E-state index in [-0.39, 0.29) is 0 Å². The lowest BCUT2D eigenvalue weighted by molar-refractivity contribution is -0.384. The lowest BCUT2D eigenvalue weighted by atomic mass is 10.3. The minimum absolute atomic E-state index is 0.394. The molecule has 9 heteroatoms. The lowest BCUT2D eigenvalue weighted by Crippen LogP contribution is -2.04. The molecule has 0 radical (unpaired) electrons. The number of nitro groups is 1. The average molecular weight is 287 g/mol. The number of hydrogen-bond donors (Lipinski definition) is 1. The number of aromatic nitrogens is 2. The smallest absolute Gasteiger partial charge is 0.329 e. The number of para-hydroxylation sites is 1. The third-order valence-corrected chi connectivity index (χ3v) is 2.44. The second-order valence-corrected chi connectivity index (χ2v) is 3.70. The van der Waals surface area contributed by atoms with Gasteiger partial charge in [0.1, 0.15) is 23.6 Å². The Hall–Kier alpha value is -2.35. The molecule has 6 nitrogen and oxygen atoms in total. The van der Waals surface area contributed by atoms with Gasteiger partial charge in [-0.05, 0) is 12.1 Å². The Balaban J connectivity index is 2.50. The first-order chi connectivity index (χ1) is 9.00. The maximum atomic E-state index is 13.4. The molecule has 1 heterocycles. The van der Waals surface area contributed by atoms with Crippen LogP contribution in [0.1, 0.15) is 0 Å². The number of halogens is 3. The molecule has 0 unspecified atom stereocenters. The second kappa shape index (κ2) is 5.11. The van der Waals surface area contributed by atoms with Crippen molar-refractivity contribution in [3.63, 3.8) is 0 Å². The van der Waals surface area contributed by atoms with Gasteiger partial charge in [-0.3, -0.25) is 10.1 Å². The zero-order valence-corrected chi connectivity index (χ0v) is 9.86. The van der Waals surface area contributed by atoms with Crippen molar-refractivity contribution in [2.45, 2.75) is 0 Å². The molecule has 0 aliphatic carbocycles. The zero-order chi connectivity index (χ0) is 14.0. The van der Waals surface area contributed by atoms with E-state index in [1.807, 2.05) is 0 Å². The van der Waals surface area contributed by atoms with Gasteiger partial charge in [-0.15, -0.1) is 0 Å². The van der Waals surface area contributed by atoms with Crippen molar-refractivity contribution in [1.29, 1.82) is 0 Å². The number of rotatable bonds is 3. The van der Waals surface area contributed by atoms with Crippen LogP contribution in [0.25, 0.3) is 0 Å². The van der Waals surface area contributed by atoms with E-state index >= 15 is 0 Å². The summed E-state index contributed by atoms with van der Waals surface area (Å²) in [6, 6.07) is 3.16. The minimum atomic E-state index is -0.913. The molecule has 0 saturated heterocycles. The van der Waals surface area contributed by atoms with Crippen LogP contribution in [0, 0.1) is 21.7 Å². The van der Waals surface area contributed by atoms with Crippen LogP contribution in [0.5, 0.6) is 0 Å². The van der Waals surface area contributed by atoms with Crippen LogP contribution >= 0.6 is 11.6 Å². The highest BCUT2D eigenvalue weighted by Gasteiger charge is 2.23. The topological polar surface area (TPSA) is 81.0 Å². The largest absolute Gasteiger partial charge is 0.348 e. The number of nitrogens with zero attached hydrogens (tertiary/aromatic N) is 3. The summed E-state index contributed by atoms with van der Waals surface area (Å²) in [5.41, 5.74) is -1.22. The molecule has 19 heavy (non-hydrogen) atoms. The molecule has 0 fully saturated rings. The van der Waals surface area contributed by atoms with E-state index in [0.717, 1.165) is 24.5 Å². The number of nitrogens with one attached hydrogen (secondary N) is 1. The molecule has 2 aromatic rings. The van der Waals surface area contributed by atoms with Crippen molar-refractivity contribution in [2.24, 2.45) is 0 Å². The maximum Gasteiger partial charge on any atom is 0.348 e. The van der Waals surface area contributed by atoms with Crippen molar-refractivity contribution in [1.82, 2.24) is 9.97 Å². The van der Waals surface area contributed by atoms with Gasteiger partial charge >= 0.3 is 5.69 Å². The highest BCUT2D eigenvalue weighted by molar-refractivity contribution is 6.31. The third kappa shape index (κ3) is 2.58. The number of hydrogen-bond acceptors (Lipinski definition) is 5. The molecular weight excluding hydrogens is 282 g/mol. The molecule has 1 N–H and O–H groups in total. The Bertz CT molecular complexity index is 633. The summed E-state index contributed by atoms with van der Waals surface area (Å²) in [5.74, 6) is -2.22. The van der Waals surface area contributed by atoms with Gasteiger partial charge in [0.05, 0.1) is 4.92 Å². The average Bonchev–Trinajstić information content (AvgIpc) is 2.33. The Morgan fingerprint density at radius 2 is 1.89 bits per heavy atom. The summed E-state index contributed by atoms with van der Waals surface area (Å²) in [7, 11) is 0. The SMILES string of the molecule is O=[N+]([O-])c1c(Cl)ncnc1Nc1c(F)cccc1F. The van der Waals surface area contributed by atoms with Gasteiger partial charge in [0.25, 0.3) is 0 Å². The first-order valence-electron chi connectivity index (χ1n) is 4.86. The predicted octanol–water partition coefficient (Wildman–Crippen LogP) is 3.06. The molecule has 1 aromatic heterocycles. The van der Waals surface area contributed by atoms with Crippen LogP contribution in [0.2, 0.25) is 5.15 Å². The zero-order valence-electron chi connectivity index (χ0n) is 9.10. The van der Waals surface area contributed by atoms with E-state index < -0.39 is 38.9 Å². The summed E-state index contributed by atoms with van der Waals surface area (Å²) in [6.45, 7) is 0. The van der Waals surface area contributed by atoms with Gasteiger partial charge in [0.15, 0.2) is 0 Å². The third-order valence-electron chi connectivity index (χ3n) is 2.17. The van der Waals surface area contributed by atoms with E-state index in [9.17, 15) is 18.9 Å². The van der Waals surface area contributed by atoms with Crippen LogP contribution in [0.4, 0.5) is 26.0 Å². The van der Waals surface area contributed by atoms with Crippen LogP contribution in [0.15, 0.2) is 24.5 Å². The van der Waals surface area contributed by atoms with E-state index in [4.69, 9.17) is 11.6 Å². The molecule has 0 aliphatic rings. The van der Waals surface area contributed by atoms with Crippen molar-refractivity contribution in [3.8, 4) is 0 Å². The molecule has 0 atom stereocenters. The van der Waals surface area contributed by atoms with E-state index in [0.29, 0.717) is 0 Å². The molecule has 0 spiro atoms. The standard InChI is InChI=1S/C10H5ClF2N4O2/c11-9-8(17(18)19)10(15-4-14-9)16-7-5(12)2-1-3-6(7)13/h1-4H,(H,14,15,16). The summed E-state index contributed by atoms with van der Waals surface area (Å²) < 4.78 is 26.8. The van der Waals surface area contributed by atoms with Gasteiger partial charge in [0, 0.05) is 0 Å². The molecule has 0 aliphatic heterocycles. The van der Waals surface area contributed by atoms with Crippen LogP contribution in [-0.4, -0.2) is 14.9 Å². The molecule has 2 rings (SSSR count). The normalized spacial score (nSPS) is 10.3. The first kappa shape index (κ1) is 13.1. The van der Waals surface area contributed by atoms with E-state index in [2.05, 4.69) is 15.3 Å². The van der Waals surface area contributed by atoms with E-state index in [1.54, 1.807) is 0 Å². The summed E-state index contributed by atoms with van der Waals surface area (Å²) in [4.78, 5) is 17.0. The molecule has 1 aromatic carbocycles. The molecular formula is C10H5ClF2N4O2. The minimum Gasteiger partial charge on any atom is -0.329 e. The summed E-state index contributed by atoms with van der Waals surface area (Å²) in [6.07, 6.45) is 0.941. The van der Waals surface area contributed by atoms with Crippen LogP contribution in [0.3, 0.4) is 0 Å². The van der Waals surface area contributed by atoms with Crippen LogP contribution < -0.4 is 5.32 Å². The highest BCUT2D eigenvalue weighted by Crippen LogP contribution is 2.32. The number of benzene rings is 1. The van der Waals surface area contributed by atoms with Gasteiger partial charge in [-0.2, -0.15) is 0 Å². The fourth-order valence-electron chi connectivity index (χ4n) is 1.35. The Kier molecular flexibility index (Phi) is 3.52. The van der Waals surface area contributed by atoms with Gasteiger partial charge < -0.3 is 5.32 Å². The predicted molar refractivity (Wildman–Crippen MR) is 63.3 cm³/mol. The van der Waals surface area contributed by atoms with Gasteiger partial charge in [-0.25, -0.2) is 18.7 Å². The Morgan fingerprint density at radius 3 is 2.47 bits per heavy atom. The van der Waals surface area contributed by atoms with Gasteiger partial charge in [0.2, 0.25) is 11.0 Å². The molecule has 0 bridgehead atoms. The van der Waals surface area contributed by atoms with Crippen molar-refractivity contribution >= 4 is 28.8 Å². The van der Waals surface area contributed by atoms with Crippen LogP contribution in [-0.2, 0) is 0 Å². The first-order valence-corrected chi connectivity index (χ1v) is 5.24. The molecule has 0 saturated carbocycles. The summed E-state index contributed by atoms with van der Waals surface area (Å²) >= 11 is 5.55. The summed E-state index contributed by atoms with van der Waals surface area (Å²) in [5, 5.41) is 12.6. The van der Waals surface area contributed by atoms with Crippen molar-refractivity contribution in [2.75, 3.05) is 5.32 Å². The molecule has 98 valence electrons. The quantitative estimate of drug-likeness (QED) is 0.533. The number of anilines is 2. The van der Waals surface area contributed by atoms with Crippen molar-refractivity contribution < 1.29 is 13.7 Å². The van der Waals surface area contributed by atoms with E-state index in [1.165, 1.54) is 0 Å². The lowest BCUT2D eigenvalue weighted by Gasteiger charge is -2.08. The fourth-order valence-corrected chi connectivity index (χ4v) is 1.55. The Morgan fingerprint density at radius 1 is 1.26 bits per heavy atom. The monoisotopic (exact) mass is 286 g/mol. The highest BCUT2D eigenvalue weighted by atomic mass is 35.5. The maximum absolute atomic E-state index is 13.4. The Labute approximate surface area is 110 Å². The fraction of sp³-hybridized carbons (Fsp3) is 0.